The first-order valence-corrected chi connectivity index (χ1v) is 7.49. The number of phenols is 2. The molecule has 0 aliphatic heterocycles. The smallest absolute Gasteiger partial charge is 0.161 e. The summed E-state index contributed by atoms with van der Waals surface area (Å²) in [5.41, 5.74) is 7.06. The fourth-order valence-electron chi connectivity index (χ4n) is 4.22. The second-order valence-corrected chi connectivity index (χ2v) is 6.06. The summed E-state index contributed by atoms with van der Waals surface area (Å²) in [6.45, 7) is 0. The maximum Gasteiger partial charge on any atom is 0.161 e. The Labute approximate surface area is 128 Å². The van der Waals surface area contributed by atoms with Gasteiger partial charge >= 0.3 is 0 Å². The van der Waals surface area contributed by atoms with E-state index in [1.54, 1.807) is 6.07 Å². The van der Waals surface area contributed by atoms with E-state index in [4.69, 9.17) is 0 Å². The predicted molar refractivity (Wildman–Crippen MR) is 84.5 cm³/mol. The summed E-state index contributed by atoms with van der Waals surface area (Å²) in [7, 11) is 0. The van der Waals surface area contributed by atoms with Crippen molar-refractivity contribution in [1.82, 2.24) is 0 Å². The molecule has 0 atom stereocenters. The molecule has 22 heavy (non-hydrogen) atoms. The zero-order valence-corrected chi connectivity index (χ0v) is 11.8. The van der Waals surface area contributed by atoms with Crippen molar-refractivity contribution in [3.05, 3.63) is 94.0 Å². The van der Waals surface area contributed by atoms with Crippen LogP contribution < -0.4 is 0 Å². The average Bonchev–Trinajstić information content (AvgIpc) is 2.58. The molecule has 3 aromatic carbocycles. The number of benzene rings is 3. The van der Waals surface area contributed by atoms with Crippen molar-refractivity contribution in [2.24, 2.45) is 0 Å². The van der Waals surface area contributed by atoms with Gasteiger partial charge in [0.25, 0.3) is 0 Å². The van der Waals surface area contributed by atoms with E-state index in [2.05, 4.69) is 36.4 Å². The number of hydrogen-bond acceptors (Lipinski definition) is 2. The van der Waals surface area contributed by atoms with E-state index in [-0.39, 0.29) is 23.3 Å². The molecule has 2 nitrogen and oxygen atoms in total. The third-order valence-electron chi connectivity index (χ3n) is 5.07. The van der Waals surface area contributed by atoms with Crippen LogP contribution in [0.4, 0.5) is 0 Å². The Morgan fingerprint density at radius 3 is 1.59 bits per heavy atom. The molecular weight excluding hydrogens is 272 g/mol. The lowest BCUT2D eigenvalue weighted by atomic mass is 9.61. The number of aromatic hydroxyl groups is 2. The molecule has 3 aliphatic carbocycles. The van der Waals surface area contributed by atoms with Gasteiger partial charge in [-0.25, -0.2) is 0 Å². The highest BCUT2D eigenvalue weighted by Crippen LogP contribution is 2.58. The van der Waals surface area contributed by atoms with Gasteiger partial charge < -0.3 is 10.2 Å². The van der Waals surface area contributed by atoms with Crippen LogP contribution in [0.3, 0.4) is 0 Å². The third kappa shape index (κ3) is 1.26. The normalized spacial score (nSPS) is 20.2. The zero-order chi connectivity index (χ0) is 14.8. The highest BCUT2D eigenvalue weighted by atomic mass is 16.3. The second-order valence-electron chi connectivity index (χ2n) is 6.06. The van der Waals surface area contributed by atoms with Crippen LogP contribution in [0.15, 0.2) is 60.7 Å². The number of rotatable bonds is 0. The molecule has 0 radical (unpaired) electrons. The van der Waals surface area contributed by atoms with Crippen molar-refractivity contribution < 1.29 is 10.2 Å². The standard InChI is InChI=1S/C20H14O2/c21-16-10-9-15-17-11-5-1-3-7-13(11)18(19(15)20(16)22)14-8-4-2-6-12(14)17/h1-10,17-18,21-22H. The van der Waals surface area contributed by atoms with Crippen LogP contribution in [0.5, 0.6) is 11.5 Å². The van der Waals surface area contributed by atoms with Crippen molar-refractivity contribution >= 4 is 0 Å². The lowest BCUT2D eigenvalue weighted by molar-refractivity contribution is 0.396. The predicted octanol–water partition coefficient (Wildman–Crippen LogP) is 4.09. The highest BCUT2D eigenvalue weighted by molar-refractivity contribution is 5.71. The van der Waals surface area contributed by atoms with Gasteiger partial charge in [0.05, 0.1) is 0 Å². The molecule has 0 saturated heterocycles. The van der Waals surface area contributed by atoms with Crippen LogP contribution in [-0.2, 0) is 0 Å². The van der Waals surface area contributed by atoms with Crippen LogP contribution in [0.2, 0.25) is 0 Å². The minimum atomic E-state index is -0.0405. The van der Waals surface area contributed by atoms with Crippen molar-refractivity contribution in [1.29, 1.82) is 0 Å². The van der Waals surface area contributed by atoms with E-state index in [9.17, 15) is 10.2 Å². The average molecular weight is 286 g/mol. The largest absolute Gasteiger partial charge is 0.504 e. The van der Waals surface area contributed by atoms with Gasteiger partial charge in [-0.1, -0.05) is 54.6 Å². The SMILES string of the molecule is Oc1ccc2c(c1O)C1c3ccccc3C2c2ccccc21. The van der Waals surface area contributed by atoms with Crippen LogP contribution in [0.1, 0.15) is 45.2 Å². The first-order valence-electron chi connectivity index (χ1n) is 7.49. The van der Waals surface area contributed by atoms with Gasteiger partial charge in [0.1, 0.15) is 0 Å². The Morgan fingerprint density at radius 1 is 0.545 bits per heavy atom. The monoisotopic (exact) mass is 286 g/mol. The van der Waals surface area contributed by atoms with Gasteiger partial charge in [-0.05, 0) is 33.9 Å². The van der Waals surface area contributed by atoms with Gasteiger partial charge in [-0.15, -0.1) is 0 Å². The summed E-state index contributed by atoms with van der Waals surface area (Å²) in [6, 6.07) is 20.4. The Bertz CT molecular complexity index is 879. The maximum atomic E-state index is 10.5. The molecule has 3 aromatic rings. The molecule has 0 fully saturated rings. The van der Waals surface area contributed by atoms with Crippen LogP contribution in [0.25, 0.3) is 0 Å². The van der Waals surface area contributed by atoms with E-state index >= 15 is 0 Å². The van der Waals surface area contributed by atoms with Gasteiger partial charge in [-0.3, -0.25) is 0 Å². The van der Waals surface area contributed by atoms with E-state index in [0.29, 0.717) is 0 Å². The van der Waals surface area contributed by atoms with Crippen molar-refractivity contribution in [3.8, 4) is 11.5 Å². The van der Waals surface area contributed by atoms with E-state index in [0.717, 1.165) is 11.1 Å². The number of phenolic OH excluding ortho intramolecular Hbond substituents is 2. The quantitative estimate of drug-likeness (QED) is 0.421. The van der Waals surface area contributed by atoms with Crippen molar-refractivity contribution in [2.75, 3.05) is 0 Å². The van der Waals surface area contributed by atoms with Crippen LogP contribution in [0, 0.1) is 0 Å². The number of hydrogen-bond donors (Lipinski definition) is 2. The highest BCUT2D eigenvalue weighted by Gasteiger charge is 2.42. The fraction of sp³-hybridized carbons (Fsp3) is 0.100. The summed E-state index contributed by atoms with van der Waals surface area (Å²) in [6.07, 6.45) is 0. The second kappa shape index (κ2) is 3.92. The summed E-state index contributed by atoms with van der Waals surface area (Å²) in [5.74, 6) is 0.121. The van der Waals surface area contributed by atoms with Crippen molar-refractivity contribution in [2.45, 2.75) is 11.8 Å². The molecule has 0 aromatic heterocycles. The Kier molecular flexibility index (Phi) is 2.11. The van der Waals surface area contributed by atoms with Gasteiger partial charge in [0.15, 0.2) is 11.5 Å². The van der Waals surface area contributed by atoms with E-state index < -0.39 is 0 Å². The van der Waals surface area contributed by atoms with Gasteiger partial charge in [0, 0.05) is 17.4 Å². The summed E-state index contributed by atoms with van der Waals surface area (Å²) in [5, 5.41) is 20.4. The molecule has 3 aliphatic rings. The molecule has 0 heterocycles. The molecular formula is C20H14O2. The molecule has 2 heteroatoms. The maximum absolute atomic E-state index is 10.5. The van der Waals surface area contributed by atoms with Crippen LogP contribution >= 0.6 is 0 Å². The van der Waals surface area contributed by atoms with Gasteiger partial charge in [-0.2, -0.15) is 0 Å². The minimum absolute atomic E-state index is 0.000463. The molecule has 0 unspecified atom stereocenters. The molecule has 2 bridgehead atoms. The third-order valence-corrected chi connectivity index (χ3v) is 5.07. The Hall–Kier alpha value is -2.74. The van der Waals surface area contributed by atoms with E-state index in [1.807, 2.05) is 18.2 Å². The molecule has 6 rings (SSSR count). The fourth-order valence-corrected chi connectivity index (χ4v) is 4.22. The summed E-state index contributed by atoms with van der Waals surface area (Å²) >= 11 is 0. The topological polar surface area (TPSA) is 40.5 Å². The molecule has 0 amide bonds. The summed E-state index contributed by atoms with van der Waals surface area (Å²) in [4.78, 5) is 0. The van der Waals surface area contributed by atoms with Crippen molar-refractivity contribution in [3.63, 3.8) is 0 Å². The molecule has 2 N–H and O–H groups in total. The zero-order valence-electron chi connectivity index (χ0n) is 11.8. The Morgan fingerprint density at radius 2 is 1.05 bits per heavy atom. The molecule has 0 spiro atoms. The van der Waals surface area contributed by atoms with Crippen LogP contribution in [-0.4, -0.2) is 10.2 Å². The molecule has 0 saturated carbocycles. The Balaban J connectivity index is 1.94. The lowest BCUT2D eigenvalue weighted by Crippen LogP contribution is -2.27. The molecule has 106 valence electrons. The first-order chi connectivity index (χ1) is 10.8. The first kappa shape index (κ1) is 11.9. The minimum Gasteiger partial charge on any atom is -0.504 e. The summed E-state index contributed by atoms with van der Waals surface area (Å²) < 4.78 is 0. The van der Waals surface area contributed by atoms with Gasteiger partial charge in [0.2, 0.25) is 0 Å². The van der Waals surface area contributed by atoms with E-state index in [1.165, 1.54) is 22.3 Å². The lowest BCUT2D eigenvalue weighted by Gasteiger charge is -2.42.